The topological polar surface area (TPSA) is 50.4 Å². The predicted octanol–water partition coefficient (Wildman–Crippen LogP) is 2.62. The summed E-state index contributed by atoms with van der Waals surface area (Å²) in [5, 5.41) is 5.96. The number of halogens is 1. The lowest BCUT2D eigenvalue weighted by Crippen LogP contribution is -2.40. The molecule has 4 nitrogen and oxygen atoms in total. The largest absolute Gasteiger partial charge is 0.477 e. The second-order valence-electron chi connectivity index (χ2n) is 5.33. The fourth-order valence-electron chi connectivity index (χ4n) is 1.86. The molecule has 0 fully saturated rings. The Bertz CT molecular complexity index is 464. The Balaban J connectivity index is 2.78. The van der Waals surface area contributed by atoms with E-state index in [1.54, 1.807) is 19.1 Å². The van der Waals surface area contributed by atoms with Crippen LogP contribution in [0.5, 0.6) is 5.75 Å². The number of carbonyl (C=O) groups is 1. The zero-order chi connectivity index (χ0) is 15.8. The van der Waals surface area contributed by atoms with Crippen molar-refractivity contribution in [3.63, 3.8) is 0 Å². The van der Waals surface area contributed by atoms with E-state index < -0.39 is 11.9 Å². The van der Waals surface area contributed by atoms with Crippen molar-refractivity contribution in [2.75, 3.05) is 6.54 Å². The predicted molar refractivity (Wildman–Crippen MR) is 81.8 cm³/mol. The molecule has 0 saturated carbocycles. The molecule has 0 aliphatic rings. The third kappa shape index (κ3) is 5.71. The van der Waals surface area contributed by atoms with Crippen LogP contribution in [0.15, 0.2) is 18.2 Å². The van der Waals surface area contributed by atoms with Crippen LogP contribution in [0.2, 0.25) is 0 Å². The molecular formula is C16H25FN2O2. The molecule has 0 saturated heterocycles. The molecular weight excluding hydrogens is 271 g/mol. The first kappa shape index (κ1) is 17.4. The zero-order valence-corrected chi connectivity index (χ0v) is 13.2. The Labute approximate surface area is 126 Å². The molecule has 2 N–H and O–H groups in total. The van der Waals surface area contributed by atoms with Gasteiger partial charge in [-0.3, -0.25) is 4.79 Å². The Morgan fingerprint density at radius 2 is 2.05 bits per heavy atom. The standard InChI is InChI=1S/C16H25FN2O2/c1-5-9-18-10-13-7-6-8-14(17)15(13)21-12(4)16(20)19-11(2)3/h6-8,11-12,18H,5,9-10H2,1-4H3,(H,19,20). The van der Waals surface area contributed by atoms with Gasteiger partial charge in [0.1, 0.15) is 0 Å². The second kappa shape index (κ2) is 8.62. The minimum absolute atomic E-state index is 0.0230. The highest BCUT2D eigenvalue weighted by Crippen LogP contribution is 2.24. The number of benzene rings is 1. The van der Waals surface area contributed by atoms with Gasteiger partial charge in [-0.05, 0) is 39.8 Å². The van der Waals surface area contributed by atoms with Gasteiger partial charge in [-0.1, -0.05) is 19.1 Å². The van der Waals surface area contributed by atoms with E-state index in [0.717, 1.165) is 13.0 Å². The molecule has 1 atom stereocenters. The van der Waals surface area contributed by atoms with Crippen molar-refractivity contribution in [2.45, 2.75) is 52.8 Å². The van der Waals surface area contributed by atoms with Crippen molar-refractivity contribution in [2.24, 2.45) is 0 Å². The summed E-state index contributed by atoms with van der Waals surface area (Å²) in [5.41, 5.74) is 0.715. The molecule has 118 valence electrons. The van der Waals surface area contributed by atoms with Crippen LogP contribution in [0, 0.1) is 5.82 Å². The lowest BCUT2D eigenvalue weighted by molar-refractivity contribution is -0.127. The van der Waals surface area contributed by atoms with Crippen LogP contribution < -0.4 is 15.4 Å². The molecule has 0 aromatic heterocycles. The number of hydrogen-bond acceptors (Lipinski definition) is 3. The van der Waals surface area contributed by atoms with E-state index >= 15 is 0 Å². The number of ether oxygens (including phenoxy) is 1. The summed E-state index contributed by atoms with van der Waals surface area (Å²) in [6.45, 7) is 8.78. The van der Waals surface area contributed by atoms with E-state index in [-0.39, 0.29) is 17.7 Å². The highest BCUT2D eigenvalue weighted by molar-refractivity contribution is 5.80. The van der Waals surface area contributed by atoms with E-state index in [1.807, 2.05) is 13.8 Å². The van der Waals surface area contributed by atoms with Gasteiger partial charge in [0.2, 0.25) is 0 Å². The average Bonchev–Trinajstić information content (AvgIpc) is 2.41. The molecule has 1 aromatic rings. The van der Waals surface area contributed by atoms with E-state index in [4.69, 9.17) is 4.74 Å². The van der Waals surface area contributed by atoms with E-state index in [0.29, 0.717) is 12.1 Å². The van der Waals surface area contributed by atoms with Gasteiger partial charge in [0.25, 0.3) is 5.91 Å². The number of nitrogens with one attached hydrogen (secondary N) is 2. The van der Waals surface area contributed by atoms with Gasteiger partial charge < -0.3 is 15.4 Å². The van der Waals surface area contributed by atoms with Crippen LogP contribution in [0.25, 0.3) is 0 Å². The molecule has 0 radical (unpaired) electrons. The molecule has 1 rings (SSSR count). The molecule has 1 unspecified atom stereocenters. The smallest absolute Gasteiger partial charge is 0.260 e. The Hall–Kier alpha value is -1.62. The van der Waals surface area contributed by atoms with Gasteiger partial charge in [-0.2, -0.15) is 0 Å². The highest BCUT2D eigenvalue weighted by Gasteiger charge is 2.19. The van der Waals surface area contributed by atoms with Gasteiger partial charge >= 0.3 is 0 Å². The third-order valence-corrected chi connectivity index (χ3v) is 2.89. The van der Waals surface area contributed by atoms with Crippen LogP contribution in [0.1, 0.15) is 39.7 Å². The first-order valence-corrected chi connectivity index (χ1v) is 7.40. The number of carbonyl (C=O) groups excluding carboxylic acids is 1. The van der Waals surface area contributed by atoms with Gasteiger partial charge in [-0.15, -0.1) is 0 Å². The summed E-state index contributed by atoms with van der Waals surface area (Å²) in [4.78, 5) is 11.9. The monoisotopic (exact) mass is 296 g/mol. The summed E-state index contributed by atoms with van der Waals surface area (Å²) >= 11 is 0. The molecule has 0 heterocycles. The summed E-state index contributed by atoms with van der Waals surface area (Å²) in [5.74, 6) is -0.553. The fourth-order valence-corrected chi connectivity index (χ4v) is 1.86. The quantitative estimate of drug-likeness (QED) is 0.725. The molecule has 0 aliphatic heterocycles. The van der Waals surface area contributed by atoms with Crippen LogP contribution in [-0.4, -0.2) is 24.6 Å². The summed E-state index contributed by atoms with van der Waals surface area (Å²) in [6.07, 6.45) is 0.257. The van der Waals surface area contributed by atoms with Crippen molar-refractivity contribution >= 4 is 5.91 Å². The molecule has 0 bridgehead atoms. The fraction of sp³-hybridized carbons (Fsp3) is 0.562. The van der Waals surface area contributed by atoms with Gasteiger partial charge in [0.05, 0.1) is 0 Å². The van der Waals surface area contributed by atoms with Crippen molar-refractivity contribution in [3.8, 4) is 5.75 Å². The number of para-hydroxylation sites is 1. The summed E-state index contributed by atoms with van der Waals surface area (Å²) < 4.78 is 19.5. The van der Waals surface area contributed by atoms with Crippen LogP contribution in [0.4, 0.5) is 4.39 Å². The molecule has 0 aliphatic carbocycles. The Kier molecular flexibility index (Phi) is 7.15. The maximum absolute atomic E-state index is 14.0. The molecule has 0 spiro atoms. The molecule has 21 heavy (non-hydrogen) atoms. The minimum atomic E-state index is -0.741. The number of amides is 1. The Morgan fingerprint density at radius 3 is 2.67 bits per heavy atom. The SMILES string of the molecule is CCCNCc1cccc(F)c1OC(C)C(=O)NC(C)C. The number of rotatable bonds is 8. The third-order valence-electron chi connectivity index (χ3n) is 2.89. The zero-order valence-electron chi connectivity index (χ0n) is 13.2. The lowest BCUT2D eigenvalue weighted by atomic mass is 10.2. The maximum atomic E-state index is 14.0. The van der Waals surface area contributed by atoms with Gasteiger partial charge in [-0.25, -0.2) is 4.39 Å². The molecule has 5 heteroatoms. The second-order valence-corrected chi connectivity index (χ2v) is 5.33. The van der Waals surface area contributed by atoms with Crippen LogP contribution in [0.3, 0.4) is 0 Å². The first-order chi connectivity index (χ1) is 9.95. The van der Waals surface area contributed by atoms with E-state index in [2.05, 4.69) is 17.6 Å². The van der Waals surface area contributed by atoms with Crippen molar-refractivity contribution in [3.05, 3.63) is 29.6 Å². The van der Waals surface area contributed by atoms with Crippen molar-refractivity contribution in [1.29, 1.82) is 0 Å². The maximum Gasteiger partial charge on any atom is 0.260 e. The van der Waals surface area contributed by atoms with Crippen molar-refractivity contribution in [1.82, 2.24) is 10.6 Å². The summed E-state index contributed by atoms with van der Waals surface area (Å²) in [7, 11) is 0. The summed E-state index contributed by atoms with van der Waals surface area (Å²) in [6, 6.07) is 4.80. The van der Waals surface area contributed by atoms with E-state index in [9.17, 15) is 9.18 Å². The van der Waals surface area contributed by atoms with Gasteiger partial charge in [0, 0.05) is 18.2 Å². The van der Waals surface area contributed by atoms with Crippen LogP contribution >= 0.6 is 0 Å². The minimum Gasteiger partial charge on any atom is -0.477 e. The average molecular weight is 296 g/mol. The molecule has 1 aromatic carbocycles. The first-order valence-electron chi connectivity index (χ1n) is 7.40. The number of hydrogen-bond donors (Lipinski definition) is 2. The van der Waals surface area contributed by atoms with Crippen molar-refractivity contribution < 1.29 is 13.9 Å². The van der Waals surface area contributed by atoms with Crippen LogP contribution in [-0.2, 0) is 11.3 Å². The normalized spacial score (nSPS) is 12.3. The Morgan fingerprint density at radius 1 is 1.33 bits per heavy atom. The van der Waals surface area contributed by atoms with E-state index in [1.165, 1.54) is 6.07 Å². The lowest BCUT2D eigenvalue weighted by Gasteiger charge is -2.19. The molecule has 1 amide bonds. The van der Waals surface area contributed by atoms with Gasteiger partial charge in [0.15, 0.2) is 17.7 Å². The highest BCUT2D eigenvalue weighted by atomic mass is 19.1.